The van der Waals surface area contributed by atoms with Crippen LogP contribution in [0.25, 0.3) is 0 Å². The maximum Gasteiger partial charge on any atom is 0.234 e. The van der Waals surface area contributed by atoms with Crippen molar-refractivity contribution in [3.8, 4) is 5.75 Å². The maximum absolute atomic E-state index is 12.3. The van der Waals surface area contributed by atoms with Gasteiger partial charge in [0.05, 0.1) is 19.1 Å². The monoisotopic (exact) mass is 310 g/mol. The van der Waals surface area contributed by atoms with Gasteiger partial charge in [-0.05, 0) is 48.7 Å². The van der Waals surface area contributed by atoms with E-state index in [0.29, 0.717) is 6.54 Å². The Hall–Kier alpha value is -2.33. The summed E-state index contributed by atoms with van der Waals surface area (Å²) < 4.78 is 5.18. The van der Waals surface area contributed by atoms with Crippen molar-refractivity contribution in [2.45, 2.75) is 25.8 Å². The minimum Gasteiger partial charge on any atom is -0.497 e. The van der Waals surface area contributed by atoms with E-state index in [1.807, 2.05) is 55.1 Å². The van der Waals surface area contributed by atoms with Gasteiger partial charge in [-0.2, -0.15) is 0 Å². The zero-order chi connectivity index (χ0) is 16.6. The largest absolute Gasteiger partial charge is 0.497 e. The lowest BCUT2D eigenvalue weighted by atomic mass is 9.94. The van der Waals surface area contributed by atoms with Crippen molar-refractivity contribution in [3.05, 3.63) is 59.2 Å². The number of carbonyl (C=O) groups is 1. The molecule has 0 bridgehead atoms. The van der Waals surface area contributed by atoms with Crippen LogP contribution in [0.2, 0.25) is 0 Å². The van der Waals surface area contributed by atoms with Crippen LogP contribution in [0.15, 0.2) is 42.5 Å². The number of likely N-dealkylation sites (N-methyl/N-ethyl adjacent to an activating group) is 1. The number of nitrogens with zero attached hydrogens (tertiary/aromatic N) is 1. The van der Waals surface area contributed by atoms with E-state index in [2.05, 4.69) is 6.07 Å². The summed E-state index contributed by atoms with van der Waals surface area (Å²) in [4.78, 5) is 14.1. The van der Waals surface area contributed by atoms with E-state index in [9.17, 15) is 4.79 Å². The van der Waals surface area contributed by atoms with E-state index in [1.165, 1.54) is 0 Å². The van der Waals surface area contributed by atoms with Gasteiger partial charge in [-0.25, -0.2) is 0 Å². The Morgan fingerprint density at radius 2 is 1.83 bits per heavy atom. The Labute approximate surface area is 136 Å². The van der Waals surface area contributed by atoms with E-state index in [0.717, 1.165) is 28.1 Å². The molecule has 0 saturated heterocycles. The fourth-order valence-electron chi connectivity index (χ4n) is 3.17. The van der Waals surface area contributed by atoms with Crippen molar-refractivity contribution in [3.63, 3.8) is 0 Å². The molecule has 120 valence electrons. The molecule has 4 nitrogen and oxygen atoms in total. The highest BCUT2D eigenvalue weighted by molar-refractivity contribution is 6.04. The quantitative estimate of drug-likeness (QED) is 0.943. The first kappa shape index (κ1) is 15.6. The second-order valence-electron chi connectivity index (χ2n) is 5.87. The third kappa shape index (κ3) is 2.59. The molecule has 2 N–H and O–H groups in total. The molecule has 1 amide bonds. The molecule has 0 radical (unpaired) electrons. The molecule has 2 atom stereocenters. The van der Waals surface area contributed by atoms with Gasteiger partial charge in [0, 0.05) is 12.2 Å². The molecule has 1 heterocycles. The van der Waals surface area contributed by atoms with Crippen LogP contribution in [0.5, 0.6) is 5.75 Å². The van der Waals surface area contributed by atoms with E-state index >= 15 is 0 Å². The van der Waals surface area contributed by atoms with Crippen LogP contribution in [0.1, 0.15) is 42.5 Å². The normalized spacial score (nSPS) is 18.0. The molecular weight excluding hydrogens is 288 g/mol. The van der Waals surface area contributed by atoms with Crippen LogP contribution in [0, 0.1) is 0 Å². The predicted octanol–water partition coefficient (Wildman–Crippen LogP) is 3.21. The van der Waals surface area contributed by atoms with Crippen molar-refractivity contribution in [1.29, 1.82) is 0 Å². The molecular formula is C19H22N2O2. The number of methoxy groups -OCH3 is 1. The number of fused-ring (bicyclic) bond motifs is 1. The zero-order valence-corrected chi connectivity index (χ0v) is 13.7. The Morgan fingerprint density at radius 1 is 1.17 bits per heavy atom. The first-order chi connectivity index (χ1) is 11.1. The van der Waals surface area contributed by atoms with Gasteiger partial charge in [0.1, 0.15) is 5.75 Å². The second-order valence-corrected chi connectivity index (χ2v) is 5.87. The molecule has 1 aliphatic heterocycles. The molecule has 2 aromatic rings. The van der Waals surface area contributed by atoms with Gasteiger partial charge in [-0.3, -0.25) is 4.79 Å². The van der Waals surface area contributed by atoms with Gasteiger partial charge in [0.2, 0.25) is 5.91 Å². The van der Waals surface area contributed by atoms with E-state index in [-0.39, 0.29) is 17.9 Å². The van der Waals surface area contributed by atoms with Crippen molar-refractivity contribution in [2.75, 3.05) is 18.6 Å². The number of hydrogen-bond donors (Lipinski definition) is 1. The number of anilines is 1. The standard InChI is InChI=1S/C19H22N2O2/c1-4-21-17-10-7-14(11-16(17)12(2)19(21)22)18(20)13-5-8-15(23-3)9-6-13/h5-12,18H,4,20H2,1-3H3. The number of hydrogen-bond acceptors (Lipinski definition) is 3. The van der Waals surface area contributed by atoms with Crippen LogP contribution in [0.3, 0.4) is 0 Å². The number of rotatable bonds is 4. The van der Waals surface area contributed by atoms with Gasteiger partial charge >= 0.3 is 0 Å². The Kier molecular flexibility index (Phi) is 4.09. The highest BCUT2D eigenvalue weighted by atomic mass is 16.5. The van der Waals surface area contributed by atoms with Crippen molar-refractivity contribution in [2.24, 2.45) is 5.73 Å². The summed E-state index contributed by atoms with van der Waals surface area (Å²) in [5.74, 6) is 0.873. The lowest BCUT2D eigenvalue weighted by molar-refractivity contribution is -0.118. The summed E-state index contributed by atoms with van der Waals surface area (Å²) in [5.41, 5.74) is 10.5. The third-order valence-electron chi connectivity index (χ3n) is 4.60. The fraction of sp³-hybridized carbons (Fsp3) is 0.316. The SMILES string of the molecule is CCN1C(=O)C(C)c2cc(C(N)c3ccc(OC)cc3)ccc21. The Bertz CT molecular complexity index is 725. The zero-order valence-electron chi connectivity index (χ0n) is 13.7. The molecule has 2 aromatic carbocycles. The summed E-state index contributed by atoms with van der Waals surface area (Å²) in [7, 11) is 1.65. The van der Waals surface area contributed by atoms with Gasteiger partial charge in [-0.15, -0.1) is 0 Å². The summed E-state index contributed by atoms with van der Waals surface area (Å²) in [6.45, 7) is 4.65. The molecule has 23 heavy (non-hydrogen) atoms. The second kappa shape index (κ2) is 6.05. The summed E-state index contributed by atoms with van der Waals surface area (Å²) >= 11 is 0. The number of amides is 1. The molecule has 1 aliphatic rings. The lowest BCUT2D eigenvalue weighted by Crippen LogP contribution is -2.27. The third-order valence-corrected chi connectivity index (χ3v) is 4.60. The summed E-state index contributed by atoms with van der Waals surface area (Å²) in [6, 6.07) is 13.7. The molecule has 0 aliphatic carbocycles. The number of carbonyl (C=O) groups excluding carboxylic acids is 1. The van der Waals surface area contributed by atoms with E-state index in [4.69, 9.17) is 10.5 Å². The topological polar surface area (TPSA) is 55.6 Å². The average Bonchev–Trinajstić information content (AvgIpc) is 2.84. The summed E-state index contributed by atoms with van der Waals surface area (Å²) in [5, 5.41) is 0. The molecule has 0 saturated carbocycles. The van der Waals surface area contributed by atoms with Crippen LogP contribution in [0.4, 0.5) is 5.69 Å². The molecule has 2 unspecified atom stereocenters. The minimum absolute atomic E-state index is 0.104. The predicted molar refractivity (Wildman–Crippen MR) is 91.9 cm³/mol. The van der Waals surface area contributed by atoms with Crippen LogP contribution < -0.4 is 15.4 Å². The van der Waals surface area contributed by atoms with Crippen molar-refractivity contribution < 1.29 is 9.53 Å². The fourth-order valence-corrected chi connectivity index (χ4v) is 3.17. The number of ether oxygens (including phenoxy) is 1. The van der Waals surface area contributed by atoms with E-state index in [1.54, 1.807) is 7.11 Å². The van der Waals surface area contributed by atoms with Crippen LogP contribution in [-0.4, -0.2) is 19.6 Å². The number of nitrogens with two attached hydrogens (primary N) is 1. The molecule has 0 aromatic heterocycles. The molecule has 0 fully saturated rings. The first-order valence-corrected chi connectivity index (χ1v) is 7.91. The lowest BCUT2D eigenvalue weighted by Gasteiger charge is -2.17. The number of benzene rings is 2. The van der Waals surface area contributed by atoms with Crippen LogP contribution in [-0.2, 0) is 4.79 Å². The highest BCUT2D eigenvalue weighted by Crippen LogP contribution is 2.38. The Balaban J connectivity index is 1.94. The Morgan fingerprint density at radius 3 is 2.43 bits per heavy atom. The summed E-state index contributed by atoms with van der Waals surface area (Å²) in [6.07, 6.45) is 0. The molecule has 0 spiro atoms. The van der Waals surface area contributed by atoms with Gasteiger partial charge < -0.3 is 15.4 Å². The van der Waals surface area contributed by atoms with E-state index < -0.39 is 0 Å². The van der Waals surface area contributed by atoms with Crippen molar-refractivity contribution in [1.82, 2.24) is 0 Å². The highest BCUT2D eigenvalue weighted by Gasteiger charge is 2.33. The van der Waals surface area contributed by atoms with Crippen molar-refractivity contribution >= 4 is 11.6 Å². The van der Waals surface area contributed by atoms with Gasteiger partial charge in [0.25, 0.3) is 0 Å². The first-order valence-electron chi connectivity index (χ1n) is 7.91. The minimum atomic E-state index is -0.218. The smallest absolute Gasteiger partial charge is 0.234 e. The molecule has 4 heteroatoms. The van der Waals surface area contributed by atoms with Gasteiger partial charge in [0.15, 0.2) is 0 Å². The van der Waals surface area contributed by atoms with Crippen LogP contribution >= 0.6 is 0 Å². The average molecular weight is 310 g/mol. The van der Waals surface area contributed by atoms with Gasteiger partial charge in [-0.1, -0.05) is 24.3 Å². The maximum atomic E-state index is 12.3. The molecule has 3 rings (SSSR count).